The fourth-order valence-corrected chi connectivity index (χ4v) is 3.51. The molecule has 1 N–H and O–H groups in total. The summed E-state index contributed by atoms with van der Waals surface area (Å²) in [5.74, 6) is 0.144. The van der Waals surface area contributed by atoms with E-state index in [1.165, 1.54) is 24.3 Å². The Morgan fingerprint density at radius 2 is 1.81 bits per heavy atom. The molecule has 2 aromatic rings. The van der Waals surface area contributed by atoms with Crippen molar-refractivity contribution >= 4 is 0 Å². The van der Waals surface area contributed by atoms with Crippen molar-refractivity contribution < 1.29 is 18.6 Å². The van der Waals surface area contributed by atoms with Gasteiger partial charge in [0.1, 0.15) is 17.4 Å². The van der Waals surface area contributed by atoms with Crippen LogP contribution in [0.3, 0.4) is 0 Å². The monoisotopic (exact) mass is 361 g/mol. The minimum Gasteiger partial charge on any atom is -0.493 e. The highest BCUT2D eigenvalue weighted by molar-refractivity contribution is 5.35. The minimum absolute atomic E-state index is 0.259. The van der Waals surface area contributed by atoms with Gasteiger partial charge in [0.15, 0.2) is 0 Å². The Morgan fingerprint density at radius 3 is 2.50 bits per heavy atom. The number of halogens is 2. The van der Waals surface area contributed by atoms with Gasteiger partial charge in [0.25, 0.3) is 0 Å². The van der Waals surface area contributed by atoms with E-state index < -0.39 is 0 Å². The van der Waals surface area contributed by atoms with Gasteiger partial charge in [-0.15, -0.1) is 0 Å². The van der Waals surface area contributed by atoms with E-state index in [9.17, 15) is 13.9 Å². The lowest BCUT2D eigenvalue weighted by Crippen LogP contribution is -2.26. The lowest BCUT2D eigenvalue weighted by molar-refractivity contribution is 0.182. The number of aliphatic hydroxyl groups excluding tert-OH is 1. The molecule has 0 radical (unpaired) electrons. The zero-order chi connectivity index (χ0) is 18.5. The SMILES string of the molecule is CN1C[C@H](O)C[C@H]1CCOc1ccc(F)cc1CCc1ccc(F)cc1. The van der Waals surface area contributed by atoms with Gasteiger partial charge in [-0.2, -0.15) is 0 Å². The summed E-state index contributed by atoms with van der Waals surface area (Å²) in [4.78, 5) is 2.15. The summed E-state index contributed by atoms with van der Waals surface area (Å²) < 4.78 is 32.6. The Bertz CT molecular complexity index is 720. The van der Waals surface area contributed by atoms with Gasteiger partial charge in [0, 0.05) is 12.6 Å². The van der Waals surface area contributed by atoms with Crippen LogP contribution in [-0.2, 0) is 12.8 Å². The molecule has 0 unspecified atom stereocenters. The number of β-amino-alcohol motifs (C(OH)–C–C–N with tert-alkyl or cyclic N) is 1. The predicted octanol–water partition coefficient (Wildman–Crippen LogP) is 3.58. The summed E-state index contributed by atoms with van der Waals surface area (Å²) in [5, 5.41) is 9.71. The quantitative estimate of drug-likeness (QED) is 0.818. The van der Waals surface area contributed by atoms with Gasteiger partial charge < -0.3 is 14.7 Å². The van der Waals surface area contributed by atoms with E-state index in [2.05, 4.69) is 4.90 Å². The third-order valence-electron chi connectivity index (χ3n) is 4.99. The summed E-state index contributed by atoms with van der Waals surface area (Å²) in [7, 11) is 2.01. The van der Waals surface area contributed by atoms with Crippen molar-refractivity contribution in [2.45, 2.75) is 37.8 Å². The number of aliphatic hydroxyl groups is 1. The van der Waals surface area contributed by atoms with Crippen molar-refractivity contribution in [3.8, 4) is 5.75 Å². The number of aryl methyl sites for hydroxylation is 2. The zero-order valence-corrected chi connectivity index (χ0v) is 15.0. The molecule has 0 saturated carbocycles. The Kier molecular flexibility index (Phi) is 6.22. The standard InChI is InChI=1S/C21H25F2NO2/c1-24-14-20(25)13-19(24)10-11-26-21-9-8-18(23)12-16(21)5-2-15-3-6-17(22)7-4-15/h3-4,6-9,12,19-20,25H,2,5,10-11,13-14H2,1H3/t19-,20-/m1/s1. The highest BCUT2D eigenvalue weighted by atomic mass is 19.1. The van der Waals surface area contributed by atoms with Crippen LogP contribution in [0.15, 0.2) is 42.5 Å². The van der Waals surface area contributed by atoms with Gasteiger partial charge in [0.05, 0.1) is 12.7 Å². The number of rotatable bonds is 7. The van der Waals surface area contributed by atoms with Gasteiger partial charge >= 0.3 is 0 Å². The van der Waals surface area contributed by atoms with Crippen molar-refractivity contribution in [3.05, 3.63) is 65.2 Å². The molecule has 3 rings (SSSR count). The molecule has 2 aromatic carbocycles. The largest absolute Gasteiger partial charge is 0.493 e. The first-order valence-electron chi connectivity index (χ1n) is 9.05. The number of likely N-dealkylation sites (tertiary alicyclic amines) is 1. The topological polar surface area (TPSA) is 32.7 Å². The van der Waals surface area contributed by atoms with E-state index in [1.54, 1.807) is 18.2 Å². The van der Waals surface area contributed by atoms with Crippen LogP contribution in [0, 0.1) is 11.6 Å². The van der Waals surface area contributed by atoms with Crippen LogP contribution in [0.2, 0.25) is 0 Å². The van der Waals surface area contributed by atoms with Gasteiger partial charge in [0.2, 0.25) is 0 Å². The molecule has 0 amide bonds. The fourth-order valence-electron chi connectivity index (χ4n) is 3.51. The summed E-state index contributed by atoms with van der Waals surface area (Å²) in [6, 6.07) is 11.3. The van der Waals surface area contributed by atoms with E-state index in [0.717, 1.165) is 24.0 Å². The second kappa shape index (κ2) is 8.60. The maximum absolute atomic E-state index is 13.6. The molecule has 3 nitrogen and oxygen atoms in total. The van der Waals surface area contributed by atoms with Crippen molar-refractivity contribution in [1.82, 2.24) is 4.90 Å². The van der Waals surface area contributed by atoms with Gasteiger partial charge in [-0.05, 0) is 74.2 Å². The number of hydrogen-bond donors (Lipinski definition) is 1. The molecule has 1 aliphatic heterocycles. The molecule has 0 spiro atoms. The average molecular weight is 361 g/mol. The lowest BCUT2D eigenvalue weighted by atomic mass is 10.0. The number of benzene rings is 2. The predicted molar refractivity (Wildman–Crippen MR) is 97.4 cm³/mol. The second-order valence-electron chi connectivity index (χ2n) is 7.00. The number of ether oxygens (including phenoxy) is 1. The van der Waals surface area contributed by atoms with Crippen LogP contribution in [0.25, 0.3) is 0 Å². The molecule has 0 bridgehead atoms. The van der Waals surface area contributed by atoms with Crippen LogP contribution in [0.5, 0.6) is 5.75 Å². The Hall–Kier alpha value is -1.98. The normalized spacial score (nSPS) is 20.5. The molecule has 0 aliphatic carbocycles. The van der Waals surface area contributed by atoms with Gasteiger partial charge in [-0.1, -0.05) is 12.1 Å². The highest BCUT2D eigenvalue weighted by Crippen LogP contribution is 2.24. The fraction of sp³-hybridized carbons (Fsp3) is 0.429. The average Bonchev–Trinajstić information content (AvgIpc) is 2.93. The third-order valence-corrected chi connectivity index (χ3v) is 4.99. The summed E-state index contributed by atoms with van der Waals surface area (Å²) in [6.07, 6.45) is 2.64. The summed E-state index contributed by atoms with van der Waals surface area (Å²) in [5.41, 5.74) is 1.82. The molecular formula is C21H25F2NO2. The van der Waals surface area contributed by atoms with E-state index in [1.807, 2.05) is 7.05 Å². The Balaban J connectivity index is 1.57. The smallest absolute Gasteiger partial charge is 0.123 e. The van der Waals surface area contributed by atoms with Crippen molar-refractivity contribution in [2.24, 2.45) is 0 Å². The molecule has 0 aromatic heterocycles. The van der Waals surface area contributed by atoms with Crippen LogP contribution in [0.4, 0.5) is 8.78 Å². The number of nitrogens with zero attached hydrogens (tertiary/aromatic N) is 1. The minimum atomic E-state index is -0.287. The van der Waals surface area contributed by atoms with Crippen LogP contribution < -0.4 is 4.74 Å². The Morgan fingerprint density at radius 1 is 1.08 bits per heavy atom. The molecule has 1 aliphatic rings. The second-order valence-corrected chi connectivity index (χ2v) is 7.00. The number of likely N-dealkylation sites (N-methyl/N-ethyl adjacent to an activating group) is 1. The molecule has 1 saturated heterocycles. The van der Waals surface area contributed by atoms with E-state index in [0.29, 0.717) is 37.8 Å². The summed E-state index contributed by atoms with van der Waals surface area (Å²) in [6.45, 7) is 1.22. The molecule has 140 valence electrons. The lowest BCUT2D eigenvalue weighted by Gasteiger charge is -2.19. The Labute approximate surface area is 153 Å². The van der Waals surface area contributed by atoms with Gasteiger partial charge in [-0.25, -0.2) is 8.78 Å². The molecule has 1 heterocycles. The van der Waals surface area contributed by atoms with E-state index in [4.69, 9.17) is 4.74 Å². The van der Waals surface area contributed by atoms with Crippen molar-refractivity contribution in [2.75, 3.05) is 20.2 Å². The van der Waals surface area contributed by atoms with Crippen LogP contribution >= 0.6 is 0 Å². The van der Waals surface area contributed by atoms with E-state index >= 15 is 0 Å². The van der Waals surface area contributed by atoms with E-state index in [-0.39, 0.29) is 17.7 Å². The van der Waals surface area contributed by atoms with Crippen LogP contribution in [0.1, 0.15) is 24.0 Å². The molecule has 2 atom stereocenters. The molecule has 26 heavy (non-hydrogen) atoms. The zero-order valence-electron chi connectivity index (χ0n) is 15.0. The first-order chi connectivity index (χ1) is 12.5. The van der Waals surface area contributed by atoms with Crippen molar-refractivity contribution in [3.63, 3.8) is 0 Å². The number of hydrogen-bond acceptors (Lipinski definition) is 3. The third kappa shape index (κ3) is 5.02. The van der Waals surface area contributed by atoms with Crippen LogP contribution in [-0.4, -0.2) is 42.4 Å². The molecule has 5 heteroatoms. The first-order valence-corrected chi connectivity index (χ1v) is 9.05. The molecular weight excluding hydrogens is 336 g/mol. The van der Waals surface area contributed by atoms with Crippen molar-refractivity contribution in [1.29, 1.82) is 0 Å². The maximum atomic E-state index is 13.6. The summed E-state index contributed by atoms with van der Waals surface area (Å²) >= 11 is 0. The molecule has 1 fully saturated rings. The maximum Gasteiger partial charge on any atom is 0.123 e. The highest BCUT2D eigenvalue weighted by Gasteiger charge is 2.27. The van der Waals surface area contributed by atoms with Gasteiger partial charge in [-0.3, -0.25) is 0 Å². The first kappa shape index (κ1) is 18.8.